The fraction of sp³-hybridized carbons (Fsp3) is 0.746. The second-order valence-electron chi connectivity index (χ2n) is 18.1. The summed E-state index contributed by atoms with van der Waals surface area (Å²) in [5.41, 5.74) is 0. The van der Waals surface area contributed by atoms with Crippen LogP contribution in [0.4, 0.5) is 0 Å². The van der Waals surface area contributed by atoms with Crippen LogP contribution >= 0.6 is 0 Å². The minimum absolute atomic E-state index is 0.0954. The van der Waals surface area contributed by atoms with Gasteiger partial charge in [0.05, 0.1) is 0 Å². The molecule has 0 saturated heterocycles. The van der Waals surface area contributed by atoms with Gasteiger partial charge in [-0.05, 0) is 83.5 Å². The van der Waals surface area contributed by atoms with Gasteiger partial charge in [0.25, 0.3) is 0 Å². The van der Waals surface area contributed by atoms with Crippen LogP contribution in [0, 0.1) is 0 Å². The molecule has 0 aromatic carbocycles. The Morgan fingerprint density at radius 1 is 0.323 bits per heavy atom. The van der Waals surface area contributed by atoms with Crippen LogP contribution in [-0.2, 0) is 28.6 Å². The summed E-state index contributed by atoms with van der Waals surface area (Å²) in [7, 11) is 0. The van der Waals surface area contributed by atoms with Crippen LogP contribution in [0.15, 0.2) is 72.9 Å². The molecule has 0 radical (unpaired) electrons. The predicted octanol–water partition coefficient (Wildman–Crippen LogP) is 18.2. The fourth-order valence-electron chi connectivity index (χ4n) is 7.59. The van der Waals surface area contributed by atoms with Gasteiger partial charge in [0.1, 0.15) is 13.2 Å². The highest BCUT2D eigenvalue weighted by Crippen LogP contribution is 2.15. The number of allylic oxidation sites excluding steroid dienone is 12. The highest BCUT2D eigenvalue weighted by Gasteiger charge is 2.19. The molecule has 374 valence electrons. The molecule has 0 N–H and O–H groups in total. The van der Waals surface area contributed by atoms with Crippen molar-refractivity contribution in [1.82, 2.24) is 0 Å². The summed E-state index contributed by atoms with van der Waals surface area (Å²) in [6.07, 6.45) is 67.5. The third-order valence-electron chi connectivity index (χ3n) is 11.7. The van der Waals surface area contributed by atoms with Crippen molar-refractivity contribution in [3.63, 3.8) is 0 Å². The van der Waals surface area contributed by atoms with Crippen LogP contribution in [0.3, 0.4) is 0 Å². The van der Waals surface area contributed by atoms with Gasteiger partial charge in [0, 0.05) is 19.3 Å². The van der Waals surface area contributed by atoms with Crippen LogP contribution in [0.1, 0.15) is 265 Å². The van der Waals surface area contributed by atoms with Gasteiger partial charge in [-0.25, -0.2) is 0 Å². The maximum Gasteiger partial charge on any atom is 0.306 e. The lowest BCUT2D eigenvalue weighted by Crippen LogP contribution is -2.30. The van der Waals surface area contributed by atoms with E-state index in [-0.39, 0.29) is 37.5 Å². The highest BCUT2D eigenvalue weighted by atomic mass is 16.6. The molecule has 0 aliphatic heterocycles. The number of esters is 3. The third kappa shape index (κ3) is 51.7. The molecule has 0 aliphatic rings. The third-order valence-corrected chi connectivity index (χ3v) is 11.7. The van der Waals surface area contributed by atoms with Crippen molar-refractivity contribution in [2.75, 3.05) is 13.2 Å². The van der Waals surface area contributed by atoms with Crippen LogP contribution < -0.4 is 0 Å². The number of hydrogen-bond acceptors (Lipinski definition) is 6. The molecule has 0 aromatic rings. The number of rotatable bonds is 49. The molecule has 0 saturated carbocycles. The summed E-state index contributed by atoms with van der Waals surface area (Å²) >= 11 is 0. The maximum absolute atomic E-state index is 12.8. The van der Waals surface area contributed by atoms with Crippen molar-refractivity contribution < 1.29 is 28.6 Å². The predicted molar refractivity (Wildman–Crippen MR) is 279 cm³/mol. The van der Waals surface area contributed by atoms with Crippen molar-refractivity contribution in [3.05, 3.63) is 72.9 Å². The summed E-state index contributed by atoms with van der Waals surface area (Å²) in [6.45, 7) is 6.48. The monoisotopic (exact) mass is 907 g/mol. The first-order valence-corrected chi connectivity index (χ1v) is 27.4. The second-order valence-corrected chi connectivity index (χ2v) is 18.1. The minimum Gasteiger partial charge on any atom is -0.462 e. The van der Waals surface area contributed by atoms with Crippen molar-refractivity contribution in [2.24, 2.45) is 0 Å². The summed E-state index contributed by atoms with van der Waals surface area (Å²) in [4.78, 5) is 38.0. The molecule has 0 rings (SSSR count). The van der Waals surface area contributed by atoms with Crippen molar-refractivity contribution >= 4 is 17.9 Å². The molecule has 0 amide bonds. The Labute approximate surface area is 402 Å². The van der Waals surface area contributed by atoms with E-state index < -0.39 is 6.10 Å². The molecular formula is C59H102O6. The van der Waals surface area contributed by atoms with Crippen LogP contribution in [0.25, 0.3) is 0 Å². The zero-order valence-corrected chi connectivity index (χ0v) is 42.7. The van der Waals surface area contributed by atoms with Crippen molar-refractivity contribution in [3.8, 4) is 0 Å². The molecule has 1 atom stereocenters. The van der Waals surface area contributed by atoms with E-state index in [2.05, 4.69) is 93.7 Å². The SMILES string of the molecule is CC/C=C\C/C=C\C/C=C\C/C=C\C/C=C\CCCC(=O)OCC(COC(=O)CCCCCCC/C=C\CCCCCCC)OC(=O)CCCCCCCCCCCCCCCCCC. The Hall–Kier alpha value is -3.15. The first-order chi connectivity index (χ1) is 32.0. The van der Waals surface area contributed by atoms with Gasteiger partial charge in [-0.3, -0.25) is 14.4 Å². The summed E-state index contributed by atoms with van der Waals surface area (Å²) in [5.74, 6) is -0.956. The van der Waals surface area contributed by atoms with E-state index in [4.69, 9.17) is 14.2 Å². The normalized spacial score (nSPS) is 12.6. The van der Waals surface area contributed by atoms with Gasteiger partial charge >= 0.3 is 17.9 Å². The van der Waals surface area contributed by atoms with E-state index in [0.717, 1.165) is 83.5 Å². The van der Waals surface area contributed by atoms with Crippen molar-refractivity contribution in [1.29, 1.82) is 0 Å². The quantitative estimate of drug-likeness (QED) is 0.0262. The Morgan fingerprint density at radius 2 is 0.615 bits per heavy atom. The van der Waals surface area contributed by atoms with Crippen LogP contribution in [0.2, 0.25) is 0 Å². The van der Waals surface area contributed by atoms with E-state index in [9.17, 15) is 14.4 Å². The standard InChI is InChI=1S/C59H102O6/c1-4-7-10-13-16-19-22-25-28-30-32-34-37-40-43-46-49-52-58(61)64-55-56(54-63-57(60)51-48-45-42-39-36-33-27-24-21-18-15-12-9-6-3)65-59(62)53-50-47-44-41-38-35-31-29-26-23-20-17-14-11-8-5-2/h7,10,16,19,24-25,27-28,32,34,40,43,56H,4-6,8-9,11-15,17-18,20-23,26,29-31,33,35-39,41-42,44-55H2,1-3H3/b10-7-,19-16-,27-24-,28-25-,34-32-,43-40-. The molecule has 0 aliphatic carbocycles. The number of hydrogen-bond donors (Lipinski definition) is 0. The van der Waals surface area contributed by atoms with Gasteiger partial charge in [-0.2, -0.15) is 0 Å². The first-order valence-electron chi connectivity index (χ1n) is 27.4. The van der Waals surface area contributed by atoms with Gasteiger partial charge in [-0.15, -0.1) is 0 Å². The van der Waals surface area contributed by atoms with Crippen LogP contribution in [0.5, 0.6) is 0 Å². The van der Waals surface area contributed by atoms with E-state index >= 15 is 0 Å². The fourth-order valence-corrected chi connectivity index (χ4v) is 7.59. The number of carbonyl (C=O) groups is 3. The molecule has 0 spiro atoms. The largest absolute Gasteiger partial charge is 0.462 e. The smallest absolute Gasteiger partial charge is 0.306 e. The van der Waals surface area contributed by atoms with E-state index in [1.165, 1.54) is 135 Å². The lowest BCUT2D eigenvalue weighted by Gasteiger charge is -2.18. The summed E-state index contributed by atoms with van der Waals surface area (Å²) in [6, 6.07) is 0. The molecular weight excluding hydrogens is 805 g/mol. The Kier molecular flexibility index (Phi) is 50.9. The number of unbranched alkanes of at least 4 members (excludes halogenated alkanes) is 26. The van der Waals surface area contributed by atoms with E-state index in [0.29, 0.717) is 19.3 Å². The Bertz CT molecular complexity index is 1230. The van der Waals surface area contributed by atoms with E-state index in [1.54, 1.807) is 0 Å². The molecule has 0 aromatic heterocycles. The molecule has 1 unspecified atom stereocenters. The second kappa shape index (κ2) is 53.5. The lowest BCUT2D eigenvalue weighted by atomic mass is 10.0. The van der Waals surface area contributed by atoms with Gasteiger partial charge in [0.2, 0.25) is 0 Å². The Morgan fingerprint density at radius 3 is 1.02 bits per heavy atom. The molecule has 6 heteroatoms. The van der Waals surface area contributed by atoms with Gasteiger partial charge < -0.3 is 14.2 Å². The van der Waals surface area contributed by atoms with Gasteiger partial charge in [-0.1, -0.05) is 235 Å². The van der Waals surface area contributed by atoms with E-state index in [1.807, 2.05) is 0 Å². The summed E-state index contributed by atoms with van der Waals surface area (Å²) in [5, 5.41) is 0. The molecule has 0 heterocycles. The molecule has 0 fully saturated rings. The minimum atomic E-state index is -0.799. The molecule has 0 bridgehead atoms. The van der Waals surface area contributed by atoms with Crippen molar-refractivity contribution in [2.45, 2.75) is 271 Å². The maximum atomic E-state index is 12.8. The van der Waals surface area contributed by atoms with Gasteiger partial charge in [0.15, 0.2) is 6.10 Å². The molecule has 65 heavy (non-hydrogen) atoms. The average Bonchev–Trinajstić information content (AvgIpc) is 3.30. The zero-order chi connectivity index (χ0) is 47.2. The number of carbonyl (C=O) groups excluding carboxylic acids is 3. The Balaban J connectivity index is 4.46. The molecule has 6 nitrogen and oxygen atoms in total. The average molecular weight is 907 g/mol. The lowest BCUT2D eigenvalue weighted by molar-refractivity contribution is -0.167. The zero-order valence-electron chi connectivity index (χ0n) is 42.7. The first kappa shape index (κ1) is 61.9. The summed E-state index contributed by atoms with van der Waals surface area (Å²) < 4.78 is 16.8. The van der Waals surface area contributed by atoms with Crippen LogP contribution in [-0.4, -0.2) is 37.2 Å². The topological polar surface area (TPSA) is 78.9 Å². The highest BCUT2D eigenvalue weighted by molar-refractivity contribution is 5.71. The number of ether oxygens (including phenoxy) is 3.